The fourth-order valence-corrected chi connectivity index (χ4v) is 2.91. The van der Waals surface area contributed by atoms with Crippen molar-refractivity contribution in [2.75, 3.05) is 26.9 Å². The fraction of sp³-hybridized carbons (Fsp3) is 0.929. The zero-order valence-corrected chi connectivity index (χ0v) is 12.1. The number of carbonyl (C=O) groups excluding carboxylic acids is 1. The molecule has 3 unspecified atom stereocenters. The van der Waals surface area contributed by atoms with Crippen molar-refractivity contribution in [3.63, 3.8) is 0 Å². The first-order valence-electron chi connectivity index (χ1n) is 6.99. The van der Waals surface area contributed by atoms with E-state index in [-0.39, 0.29) is 5.97 Å². The van der Waals surface area contributed by atoms with Crippen LogP contribution in [0, 0.1) is 11.8 Å². The van der Waals surface area contributed by atoms with Crippen LogP contribution in [-0.4, -0.2) is 38.4 Å². The van der Waals surface area contributed by atoms with Crippen LogP contribution in [0.15, 0.2) is 0 Å². The molecule has 0 aromatic carbocycles. The average molecular weight is 257 g/mol. The van der Waals surface area contributed by atoms with E-state index >= 15 is 0 Å². The maximum atomic E-state index is 12.3. The summed E-state index contributed by atoms with van der Waals surface area (Å²) in [7, 11) is 1.67. The average Bonchev–Trinajstić information content (AvgIpc) is 2.35. The molecule has 0 amide bonds. The highest BCUT2D eigenvalue weighted by Gasteiger charge is 2.48. The van der Waals surface area contributed by atoms with Gasteiger partial charge in [0.2, 0.25) is 0 Å². The van der Waals surface area contributed by atoms with Crippen LogP contribution in [0.25, 0.3) is 0 Å². The lowest BCUT2D eigenvalue weighted by molar-refractivity contribution is -0.156. The van der Waals surface area contributed by atoms with Gasteiger partial charge in [-0.2, -0.15) is 0 Å². The van der Waals surface area contributed by atoms with Gasteiger partial charge < -0.3 is 9.47 Å². The highest BCUT2D eigenvalue weighted by atomic mass is 16.5. The minimum Gasteiger partial charge on any atom is -0.465 e. The van der Waals surface area contributed by atoms with Crippen molar-refractivity contribution in [1.29, 1.82) is 0 Å². The third-order valence-electron chi connectivity index (χ3n) is 4.25. The third kappa shape index (κ3) is 3.23. The monoisotopic (exact) mass is 257 g/mol. The van der Waals surface area contributed by atoms with Gasteiger partial charge >= 0.3 is 5.97 Å². The van der Waals surface area contributed by atoms with Gasteiger partial charge in [-0.3, -0.25) is 10.1 Å². The van der Waals surface area contributed by atoms with Crippen molar-refractivity contribution in [1.82, 2.24) is 5.32 Å². The van der Waals surface area contributed by atoms with E-state index in [0.717, 1.165) is 12.8 Å². The van der Waals surface area contributed by atoms with E-state index in [9.17, 15) is 4.79 Å². The Labute approximate surface area is 110 Å². The molecule has 1 saturated carbocycles. The number of hydrogen-bond acceptors (Lipinski definition) is 4. The zero-order chi connectivity index (χ0) is 13.6. The molecular weight excluding hydrogens is 230 g/mol. The second kappa shape index (κ2) is 7.10. The Morgan fingerprint density at radius 2 is 2.17 bits per heavy atom. The van der Waals surface area contributed by atoms with Gasteiger partial charge in [0, 0.05) is 13.7 Å². The van der Waals surface area contributed by atoms with Crippen molar-refractivity contribution < 1.29 is 14.3 Å². The highest BCUT2D eigenvalue weighted by Crippen LogP contribution is 2.38. The van der Waals surface area contributed by atoms with Gasteiger partial charge in [0.05, 0.1) is 13.2 Å². The quantitative estimate of drug-likeness (QED) is 0.584. The number of methoxy groups -OCH3 is 1. The molecule has 4 nitrogen and oxygen atoms in total. The SMILES string of the molecule is CCOC(=O)C1(NCCOC)CCCC(C)C1C. The molecular formula is C14H27NO3. The summed E-state index contributed by atoms with van der Waals surface area (Å²) in [5.41, 5.74) is -0.522. The molecule has 1 N–H and O–H groups in total. The second-order valence-corrected chi connectivity index (χ2v) is 5.27. The lowest BCUT2D eigenvalue weighted by atomic mass is 9.68. The topological polar surface area (TPSA) is 47.6 Å². The van der Waals surface area contributed by atoms with Crippen LogP contribution in [0.2, 0.25) is 0 Å². The number of hydrogen-bond donors (Lipinski definition) is 1. The Hall–Kier alpha value is -0.610. The van der Waals surface area contributed by atoms with Crippen molar-refractivity contribution in [3.05, 3.63) is 0 Å². The van der Waals surface area contributed by atoms with E-state index in [1.165, 1.54) is 6.42 Å². The number of ether oxygens (including phenoxy) is 2. The summed E-state index contributed by atoms with van der Waals surface area (Å²) in [6.45, 7) is 7.97. The van der Waals surface area contributed by atoms with Crippen molar-refractivity contribution >= 4 is 5.97 Å². The van der Waals surface area contributed by atoms with Gasteiger partial charge in [-0.15, -0.1) is 0 Å². The predicted octanol–water partition coefficient (Wildman–Crippen LogP) is 1.98. The Balaban J connectivity index is 2.81. The van der Waals surface area contributed by atoms with Crippen LogP contribution in [0.4, 0.5) is 0 Å². The van der Waals surface area contributed by atoms with E-state index < -0.39 is 5.54 Å². The van der Waals surface area contributed by atoms with Crippen LogP contribution >= 0.6 is 0 Å². The normalized spacial score (nSPS) is 32.2. The molecule has 0 spiro atoms. The Bertz CT molecular complexity index is 270. The van der Waals surface area contributed by atoms with Crippen molar-refractivity contribution in [3.8, 4) is 0 Å². The minimum atomic E-state index is -0.522. The lowest BCUT2D eigenvalue weighted by Crippen LogP contribution is -2.61. The van der Waals surface area contributed by atoms with Crippen LogP contribution < -0.4 is 5.32 Å². The maximum Gasteiger partial charge on any atom is 0.326 e. The molecule has 0 radical (unpaired) electrons. The van der Waals surface area contributed by atoms with E-state index in [1.807, 2.05) is 6.92 Å². The number of esters is 1. The molecule has 0 saturated heterocycles. The molecule has 1 rings (SSSR count). The molecule has 106 valence electrons. The van der Waals surface area contributed by atoms with Crippen LogP contribution in [0.1, 0.15) is 40.0 Å². The summed E-state index contributed by atoms with van der Waals surface area (Å²) in [5, 5.41) is 3.40. The molecule has 3 atom stereocenters. The predicted molar refractivity (Wildman–Crippen MR) is 71.4 cm³/mol. The van der Waals surface area contributed by atoms with E-state index in [2.05, 4.69) is 19.2 Å². The van der Waals surface area contributed by atoms with E-state index in [0.29, 0.717) is 31.6 Å². The molecule has 18 heavy (non-hydrogen) atoms. The minimum absolute atomic E-state index is 0.0971. The molecule has 0 heterocycles. The van der Waals surface area contributed by atoms with Crippen molar-refractivity contribution in [2.45, 2.75) is 45.6 Å². The summed E-state index contributed by atoms with van der Waals surface area (Å²) in [5.74, 6) is 0.737. The van der Waals surface area contributed by atoms with E-state index in [1.54, 1.807) is 7.11 Å². The third-order valence-corrected chi connectivity index (χ3v) is 4.25. The fourth-order valence-electron chi connectivity index (χ4n) is 2.91. The molecule has 1 fully saturated rings. The van der Waals surface area contributed by atoms with Gasteiger partial charge in [0.15, 0.2) is 0 Å². The van der Waals surface area contributed by atoms with Gasteiger partial charge in [-0.05, 0) is 25.2 Å². The summed E-state index contributed by atoms with van der Waals surface area (Å²) in [4.78, 5) is 12.3. The van der Waals surface area contributed by atoms with Crippen molar-refractivity contribution in [2.24, 2.45) is 11.8 Å². The molecule has 1 aliphatic carbocycles. The van der Waals surface area contributed by atoms with E-state index in [4.69, 9.17) is 9.47 Å². The number of rotatable bonds is 6. The second-order valence-electron chi connectivity index (χ2n) is 5.27. The van der Waals surface area contributed by atoms with Gasteiger partial charge in [0.25, 0.3) is 0 Å². The standard InChI is InChI=1S/C14H27NO3/c1-5-18-13(16)14(15-9-10-17-4)8-6-7-11(2)12(14)3/h11-12,15H,5-10H2,1-4H3. The first kappa shape index (κ1) is 15.4. The summed E-state index contributed by atoms with van der Waals surface area (Å²) >= 11 is 0. The molecule has 0 aromatic rings. The van der Waals surface area contributed by atoms with Crippen LogP contribution in [0.5, 0.6) is 0 Å². The number of carbonyl (C=O) groups is 1. The Morgan fingerprint density at radius 3 is 2.78 bits per heavy atom. The molecule has 1 aliphatic rings. The molecule has 0 aliphatic heterocycles. The summed E-state index contributed by atoms with van der Waals surface area (Å²) < 4.78 is 10.4. The Morgan fingerprint density at radius 1 is 1.44 bits per heavy atom. The van der Waals surface area contributed by atoms with Gasteiger partial charge in [0.1, 0.15) is 5.54 Å². The Kier molecular flexibility index (Phi) is 6.09. The summed E-state index contributed by atoms with van der Waals surface area (Å²) in [6, 6.07) is 0. The van der Waals surface area contributed by atoms with Crippen LogP contribution in [-0.2, 0) is 14.3 Å². The first-order chi connectivity index (χ1) is 8.58. The summed E-state index contributed by atoms with van der Waals surface area (Å²) in [6.07, 6.45) is 3.12. The van der Waals surface area contributed by atoms with Crippen LogP contribution in [0.3, 0.4) is 0 Å². The smallest absolute Gasteiger partial charge is 0.326 e. The number of nitrogens with one attached hydrogen (secondary N) is 1. The largest absolute Gasteiger partial charge is 0.465 e. The maximum absolute atomic E-state index is 12.3. The molecule has 0 aromatic heterocycles. The first-order valence-corrected chi connectivity index (χ1v) is 6.99. The highest BCUT2D eigenvalue weighted by molar-refractivity contribution is 5.81. The van der Waals surface area contributed by atoms with Gasteiger partial charge in [-0.1, -0.05) is 26.7 Å². The lowest BCUT2D eigenvalue weighted by Gasteiger charge is -2.44. The molecule has 0 bridgehead atoms. The van der Waals surface area contributed by atoms with Gasteiger partial charge in [-0.25, -0.2) is 0 Å². The zero-order valence-electron chi connectivity index (χ0n) is 12.1. The molecule has 4 heteroatoms.